The second-order valence-corrected chi connectivity index (χ2v) is 3.32. The van der Waals surface area contributed by atoms with Gasteiger partial charge in [0.2, 0.25) is 0 Å². The van der Waals surface area contributed by atoms with Crippen LogP contribution >= 0.6 is 0 Å². The number of ether oxygens (including phenoxy) is 2. The molecule has 0 fully saturated rings. The first-order chi connectivity index (χ1) is 8.77. The minimum atomic E-state index is -0.711. The summed E-state index contributed by atoms with van der Waals surface area (Å²) in [6, 6.07) is 7.36. The van der Waals surface area contributed by atoms with Crippen LogP contribution in [-0.4, -0.2) is 23.6 Å². The molecule has 0 aliphatic heterocycles. The van der Waals surface area contributed by atoms with Gasteiger partial charge in [-0.15, -0.1) is 6.42 Å². The quantitative estimate of drug-likeness (QED) is 0.188. The van der Waals surface area contributed by atoms with Crippen LogP contribution in [0.2, 0.25) is 0 Å². The molecule has 0 spiro atoms. The lowest BCUT2D eigenvalue weighted by atomic mass is 10.1. The van der Waals surface area contributed by atoms with Crippen LogP contribution in [0.3, 0.4) is 0 Å². The lowest BCUT2D eigenvalue weighted by molar-refractivity contribution is -0.140. The number of hydrogen-bond acceptors (Lipinski definition) is 3. The van der Waals surface area contributed by atoms with Crippen molar-refractivity contribution in [2.24, 2.45) is 0 Å². The van der Waals surface area contributed by atoms with E-state index in [1.165, 1.54) is 0 Å². The zero-order valence-corrected chi connectivity index (χ0v) is 9.70. The average Bonchev–Trinajstić information content (AvgIpc) is 2.38. The summed E-state index contributed by atoms with van der Waals surface area (Å²) in [5.41, 5.74) is 9.87. The maximum atomic E-state index is 11.0. The fraction of sp³-hybridized carbons (Fsp3) is 0.231. The van der Waals surface area contributed by atoms with Gasteiger partial charge in [-0.05, 0) is 11.1 Å². The standard InChI is InChI=1S/C13H12N2O3/c1-2-7-17-9-11-5-3-4-6-12(11)10-18-13(16)8-15-14/h1,3-6,8H,7,9-10H2. The van der Waals surface area contributed by atoms with Crippen molar-refractivity contribution in [1.29, 1.82) is 0 Å². The summed E-state index contributed by atoms with van der Waals surface area (Å²) >= 11 is 0. The summed E-state index contributed by atoms with van der Waals surface area (Å²) < 4.78 is 10.1. The van der Waals surface area contributed by atoms with Crippen molar-refractivity contribution < 1.29 is 19.1 Å². The molecular weight excluding hydrogens is 232 g/mol. The van der Waals surface area contributed by atoms with Gasteiger partial charge in [0.25, 0.3) is 0 Å². The van der Waals surface area contributed by atoms with Crippen LogP contribution < -0.4 is 0 Å². The molecule has 0 aromatic heterocycles. The van der Waals surface area contributed by atoms with Crippen LogP contribution in [0.5, 0.6) is 0 Å². The Bertz CT molecular complexity index is 499. The van der Waals surface area contributed by atoms with E-state index in [-0.39, 0.29) is 13.2 Å². The fourth-order valence-electron chi connectivity index (χ4n) is 1.29. The van der Waals surface area contributed by atoms with E-state index in [2.05, 4.69) is 10.7 Å². The predicted octanol–water partition coefficient (Wildman–Crippen LogP) is 1.18. The first kappa shape index (κ1) is 13.7. The van der Waals surface area contributed by atoms with Crippen molar-refractivity contribution in [2.75, 3.05) is 6.61 Å². The molecule has 0 unspecified atom stereocenters. The Morgan fingerprint density at radius 3 is 2.67 bits per heavy atom. The molecule has 0 aliphatic rings. The minimum Gasteiger partial charge on any atom is -0.452 e. The van der Waals surface area contributed by atoms with Gasteiger partial charge in [-0.3, -0.25) is 0 Å². The highest BCUT2D eigenvalue weighted by Gasteiger charge is 2.07. The average molecular weight is 244 g/mol. The monoisotopic (exact) mass is 244 g/mol. The molecule has 0 amide bonds. The zero-order valence-electron chi connectivity index (χ0n) is 9.70. The molecule has 5 heteroatoms. The maximum absolute atomic E-state index is 11.0. The van der Waals surface area contributed by atoms with E-state index in [4.69, 9.17) is 21.4 Å². The number of carbonyl (C=O) groups is 1. The topological polar surface area (TPSA) is 71.9 Å². The summed E-state index contributed by atoms with van der Waals surface area (Å²) in [5.74, 6) is 1.66. The van der Waals surface area contributed by atoms with Gasteiger partial charge in [-0.2, -0.15) is 4.79 Å². The maximum Gasteiger partial charge on any atom is 0.413 e. The zero-order chi connectivity index (χ0) is 13.2. The van der Waals surface area contributed by atoms with E-state index >= 15 is 0 Å². The molecule has 0 atom stereocenters. The molecule has 5 nitrogen and oxygen atoms in total. The Morgan fingerprint density at radius 1 is 1.39 bits per heavy atom. The Labute approximate surface area is 105 Å². The molecule has 0 saturated heterocycles. The van der Waals surface area contributed by atoms with Gasteiger partial charge in [-0.25, -0.2) is 4.79 Å². The third-order valence-electron chi connectivity index (χ3n) is 2.09. The van der Waals surface area contributed by atoms with Crippen molar-refractivity contribution in [3.05, 3.63) is 40.9 Å². The lowest BCUT2D eigenvalue weighted by Crippen LogP contribution is -2.08. The van der Waals surface area contributed by atoms with E-state index in [0.29, 0.717) is 12.8 Å². The third-order valence-corrected chi connectivity index (χ3v) is 2.09. The van der Waals surface area contributed by atoms with E-state index in [0.717, 1.165) is 11.1 Å². The summed E-state index contributed by atoms with van der Waals surface area (Å²) in [6.07, 6.45) is 5.77. The van der Waals surface area contributed by atoms with E-state index < -0.39 is 5.97 Å². The molecule has 0 N–H and O–H groups in total. The van der Waals surface area contributed by atoms with E-state index in [1.54, 1.807) is 0 Å². The summed E-state index contributed by atoms with van der Waals surface area (Å²) in [5, 5.41) is 0. The van der Waals surface area contributed by atoms with Crippen LogP contribution in [0.15, 0.2) is 24.3 Å². The molecule has 0 aliphatic carbocycles. The number of carbonyl (C=O) groups excluding carboxylic acids is 1. The molecule has 1 aromatic rings. The van der Waals surface area contributed by atoms with Crippen LogP contribution in [0, 0.1) is 12.3 Å². The van der Waals surface area contributed by atoms with Gasteiger partial charge in [0.05, 0.1) is 6.61 Å². The Morgan fingerprint density at radius 2 is 2.06 bits per heavy atom. The number of rotatable bonds is 6. The van der Waals surface area contributed by atoms with Crippen molar-refractivity contribution >= 4 is 12.2 Å². The van der Waals surface area contributed by atoms with Gasteiger partial charge in [0, 0.05) is 0 Å². The number of esters is 1. The molecule has 0 heterocycles. The van der Waals surface area contributed by atoms with Gasteiger partial charge < -0.3 is 15.0 Å². The SMILES string of the molecule is C#CCOCc1ccccc1COC(=O)C=[N+]=[N-]. The molecule has 1 aromatic carbocycles. The minimum absolute atomic E-state index is 0.0838. The molecule has 92 valence electrons. The van der Waals surface area contributed by atoms with Gasteiger partial charge in [0.15, 0.2) is 0 Å². The summed E-state index contributed by atoms with van der Waals surface area (Å²) in [7, 11) is 0. The van der Waals surface area contributed by atoms with Crippen molar-refractivity contribution in [2.45, 2.75) is 13.2 Å². The van der Waals surface area contributed by atoms with Gasteiger partial charge in [-0.1, -0.05) is 30.2 Å². The fourth-order valence-corrected chi connectivity index (χ4v) is 1.29. The molecule has 0 radical (unpaired) electrons. The van der Waals surface area contributed by atoms with Crippen molar-refractivity contribution in [1.82, 2.24) is 0 Å². The number of terminal acetylenes is 1. The molecule has 0 saturated carbocycles. The predicted molar refractivity (Wildman–Crippen MR) is 64.4 cm³/mol. The Balaban J connectivity index is 2.61. The summed E-state index contributed by atoms with van der Waals surface area (Å²) in [4.78, 5) is 13.6. The van der Waals surface area contributed by atoms with Crippen LogP contribution in [0.4, 0.5) is 0 Å². The van der Waals surface area contributed by atoms with Crippen LogP contribution in [-0.2, 0) is 27.5 Å². The Hall–Kier alpha value is -2.41. The molecule has 1 rings (SSSR count). The van der Waals surface area contributed by atoms with Gasteiger partial charge >= 0.3 is 12.2 Å². The molecule has 18 heavy (non-hydrogen) atoms. The van der Waals surface area contributed by atoms with E-state index in [1.807, 2.05) is 24.3 Å². The molecular formula is C13H12N2O3. The first-order valence-corrected chi connectivity index (χ1v) is 5.20. The number of nitrogens with zero attached hydrogens (tertiary/aromatic N) is 2. The number of hydrogen-bond donors (Lipinski definition) is 0. The largest absolute Gasteiger partial charge is 0.452 e. The highest BCUT2D eigenvalue weighted by molar-refractivity contribution is 6.20. The van der Waals surface area contributed by atoms with E-state index in [9.17, 15) is 4.79 Å². The lowest BCUT2D eigenvalue weighted by Gasteiger charge is -2.08. The van der Waals surface area contributed by atoms with Crippen LogP contribution in [0.1, 0.15) is 11.1 Å². The first-order valence-electron chi connectivity index (χ1n) is 5.20. The highest BCUT2D eigenvalue weighted by atomic mass is 16.5. The van der Waals surface area contributed by atoms with Crippen molar-refractivity contribution in [3.8, 4) is 12.3 Å². The highest BCUT2D eigenvalue weighted by Crippen LogP contribution is 2.11. The van der Waals surface area contributed by atoms with Gasteiger partial charge in [0.1, 0.15) is 13.2 Å². The normalized spacial score (nSPS) is 9.06. The second-order valence-electron chi connectivity index (χ2n) is 3.32. The Kier molecular flexibility index (Phi) is 5.91. The number of benzene rings is 1. The second kappa shape index (κ2) is 7.80. The van der Waals surface area contributed by atoms with Crippen molar-refractivity contribution in [3.63, 3.8) is 0 Å². The van der Waals surface area contributed by atoms with Crippen LogP contribution in [0.25, 0.3) is 5.53 Å². The smallest absolute Gasteiger partial charge is 0.413 e. The third kappa shape index (κ3) is 4.62. The summed E-state index contributed by atoms with van der Waals surface area (Å²) in [6.45, 7) is 0.664. The molecule has 0 bridgehead atoms.